The third-order valence-corrected chi connectivity index (χ3v) is 3.34. The Kier molecular flexibility index (Phi) is 3.08. The molecular formula is C11H15BrN2. The molecule has 0 saturated carbocycles. The molecule has 0 atom stereocenters. The maximum atomic E-state index is 3.61. The van der Waals surface area contributed by atoms with Crippen molar-refractivity contribution in [2.45, 2.75) is 19.9 Å². The largest absolute Gasteiger partial charge is 0.385 e. The summed E-state index contributed by atoms with van der Waals surface area (Å²) >= 11 is 3.61. The third-order valence-electron chi connectivity index (χ3n) is 2.59. The fourth-order valence-electron chi connectivity index (χ4n) is 1.92. The average molecular weight is 255 g/mol. The summed E-state index contributed by atoms with van der Waals surface area (Å²) in [4.78, 5) is 0. The predicted molar refractivity (Wildman–Crippen MR) is 63.7 cm³/mol. The van der Waals surface area contributed by atoms with E-state index in [9.17, 15) is 0 Å². The van der Waals surface area contributed by atoms with Crippen LogP contribution in [0.4, 0.5) is 5.69 Å². The molecule has 2 nitrogen and oxygen atoms in total. The zero-order chi connectivity index (χ0) is 9.97. The number of halogens is 1. The van der Waals surface area contributed by atoms with Gasteiger partial charge in [-0.2, -0.15) is 0 Å². The molecule has 0 fully saturated rings. The van der Waals surface area contributed by atoms with Crippen molar-refractivity contribution in [2.75, 3.05) is 18.4 Å². The standard InChI is InChI=1S/C11H15BrN2/c1-2-14-11-4-3-10(12)8-5-6-13-7-9(8)11/h3-4,13-14H,2,5-7H2,1H3. The first kappa shape index (κ1) is 9.99. The van der Waals surface area contributed by atoms with Gasteiger partial charge in [0.1, 0.15) is 0 Å². The Balaban J connectivity index is 2.42. The number of nitrogens with one attached hydrogen (secondary N) is 2. The summed E-state index contributed by atoms with van der Waals surface area (Å²) < 4.78 is 1.25. The Morgan fingerprint density at radius 1 is 1.43 bits per heavy atom. The lowest BCUT2D eigenvalue weighted by Crippen LogP contribution is -2.25. The van der Waals surface area contributed by atoms with Gasteiger partial charge in [-0.1, -0.05) is 15.9 Å². The van der Waals surface area contributed by atoms with Crippen LogP contribution >= 0.6 is 15.9 Å². The van der Waals surface area contributed by atoms with Gasteiger partial charge in [-0.15, -0.1) is 0 Å². The van der Waals surface area contributed by atoms with Crippen LogP contribution in [0.5, 0.6) is 0 Å². The average Bonchev–Trinajstić information content (AvgIpc) is 2.23. The summed E-state index contributed by atoms with van der Waals surface area (Å²) in [5, 5.41) is 6.81. The second kappa shape index (κ2) is 4.32. The van der Waals surface area contributed by atoms with E-state index in [1.54, 1.807) is 0 Å². The van der Waals surface area contributed by atoms with Gasteiger partial charge in [-0.05, 0) is 43.1 Å². The van der Waals surface area contributed by atoms with Crippen molar-refractivity contribution < 1.29 is 0 Å². The smallest absolute Gasteiger partial charge is 0.0389 e. The lowest BCUT2D eigenvalue weighted by molar-refractivity contribution is 0.643. The highest BCUT2D eigenvalue weighted by atomic mass is 79.9. The molecule has 0 aliphatic carbocycles. The Morgan fingerprint density at radius 2 is 2.29 bits per heavy atom. The highest BCUT2D eigenvalue weighted by Gasteiger charge is 2.14. The van der Waals surface area contributed by atoms with E-state index in [1.807, 2.05) is 0 Å². The van der Waals surface area contributed by atoms with Crippen LogP contribution in [-0.4, -0.2) is 13.1 Å². The maximum Gasteiger partial charge on any atom is 0.0389 e. The van der Waals surface area contributed by atoms with Crippen molar-refractivity contribution in [3.63, 3.8) is 0 Å². The van der Waals surface area contributed by atoms with E-state index in [4.69, 9.17) is 0 Å². The normalized spacial score (nSPS) is 15.0. The molecule has 3 heteroatoms. The minimum Gasteiger partial charge on any atom is -0.385 e. The topological polar surface area (TPSA) is 24.1 Å². The SMILES string of the molecule is CCNc1ccc(Br)c2c1CNCC2. The molecule has 0 spiro atoms. The third kappa shape index (κ3) is 1.79. The van der Waals surface area contributed by atoms with Crippen LogP contribution in [-0.2, 0) is 13.0 Å². The Labute approximate surface area is 93.2 Å². The first-order valence-electron chi connectivity index (χ1n) is 5.07. The van der Waals surface area contributed by atoms with Gasteiger partial charge >= 0.3 is 0 Å². The van der Waals surface area contributed by atoms with E-state index < -0.39 is 0 Å². The highest BCUT2D eigenvalue weighted by Crippen LogP contribution is 2.29. The van der Waals surface area contributed by atoms with Gasteiger partial charge in [0.2, 0.25) is 0 Å². The first-order valence-corrected chi connectivity index (χ1v) is 5.87. The summed E-state index contributed by atoms with van der Waals surface area (Å²) in [5.74, 6) is 0. The Morgan fingerprint density at radius 3 is 3.07 bits per heavy atom. The van der Waals surface area contributed by atoms with Crippen LogP contribution in [0, 0.1) is 0 Å². The van der Waals surface area contributed by atoms with Gasteiger partial charge in [-0.3, -0.25) is 0 Å². The molecule has 1 aromatic rings. The Hall–Kier alpha value is -0.540. The lowest BCUT2D eigenvalue weighted by atomic mass is 9.99. The van der Waals surface area contributed by atoms with Crippen LogP contribution in [0.25, 0.3) is 0 Å². The van der Waals surface area contributed by atoms with E-state index in [-0.39, 0.29) is 0 Å². The van der Waals surface area contributed by atoms with Crippen LogP contribution in [0.2, 0.25) is 0 Å². The van der Waals surface area contributed by atoms with E-state index in [2.05, 4.69) is 45.6 Å². The van der Waals surface area contributed by atoms with Gasteiger partial charge in [-0.25, -0.2) is 0 Å². The zero-order valence-corrected chi connectivity index (χ0v) is 9.95. The number of benzene rings is 1. The molecule has 0 amide bonds. The monoisotopic (exact) mass is 254 g/mol. The number of rotatable bonds is 2. The molecular weight excluding hydrogens is 240 g/mol. The zero-order valence-electron chi connectivity index (χ0n) is 8.36. The minimum atomic E-state index is 0.980. The molecule has 1 aliphatic heterocycles. The van der Waals surface area contributed by atoms with E-state index in [0.717, 1.165) is 26.1 Å². The van der Waals surface area contributed by atoms with Crippen molar-refractivity contribution in [2.24, 2.45) is 0 Å². The van der Waals surface area contributed by atoms with Crippen LogP contribution in [0.3, 0.4) is 0 Å². The molecule has 76 valence electrons. The highest BCUT2D eigenvalue weighted by molar-refractivity contribution is 9.10. The van der Waals surface area contributed by atoms with Gasteiger partial charge < -0.3 is 10.6 Å². The lowest BCUT2D eigenvalue weighted by Gasteiger charge is -2.22. The fraction of sp³-hybridized carbons (Fsp3) is 0.455. The molecule has 1 aliphatic rings. The number of hydrogen-bond acceptors (Lipinski definition) is 2. The van der Waals surface area contributed by atoms with Crippen LogP contribution < -0.4 is 10.6 Å². The number of hydrogen-bond donors (Lipinski definition) is 2. The van der Waals surface area contributed by atoms with Crippen LogP contribution in [0.1, 0.15) is 18.1 Å². The molecule has 2 N–H and O–H groups in total. The first-order chi connectivity index (χ1) is 6.83. The van der Waals surface area contributed by atoms with Crippen molar-refractivity contribution in [1.82, 2.24) is 5.32 Å². The number of anilines is 1. The van der Waals surface area contributed by atoms with Crippen LogP contribution in [0.15, 0.2) is 16.6 Å². The second-order valence-electron chi connectivity index (χ2n) is 3.51. The summed E-state index contributed by atoms with van der Waals surface area (Å²) in [7, 11) is 0. The Bertz CT molecular complexity index is 336. The van der Waals surface area contributed by atoms with Crippen molar-refractivity contribution in [1.29, 1.82) is 0 Å². The molecule has 0 unspecified atom stereocenters. The number of fused-ring (bicyclic) bond motifs is 1. The molecule has 1 heterocycles. The molecule has 2 rings (SSSR count). The second-order valence-corrected chi connectivity index (χ2v) is 4.36. The van der Waals surface area contributed by atoms with Gasteiger partial charge in [0.05, 0.1) is 0 Å². The van der Waals surface area contributed by atoms with Gasteiger partial charge in [0.15, 0.2) is 0 Å². The van der Waals surface area contributed by atoms with Gasteiger partial charge in [0, 0.05) is 23.2 Å². The van der Waals surface area contributed by atoms with Gasteiger partial charge in [0.25, 0.3) is 0 Å². The summed E-state index contributed by atoms with van der Waals surface area (Å²) in [6, 6.07) is 4.29. The fourth-order valence-corrected chi connectivity index (χ4v) is 2.49. The predicted octanol–water partition coefficient (Wildman–Crippen LogP) is 2.53. The summed E-state index contributed by atoms with van der Waals surface area (Å²) in [5.41, 5.74) is 4.16. The van der Waals surface area contributed by atoms with Crippen molar-refractivity contribution in [3.8, 4) is 0 Å². The molecule has 0 bridgehead atoms. The van der Waals surface area contributed by atoms with E-state index >= 15 is 0 Å². The van der Waals surface area contributed by atoms with Crippen molar-refractivity contribution in [3.05, 3.63) is 27.7 Å². The summed E-state index contributed by atoms with van der Waals surface area (Å²) in [6.45, 7) is 5.18. The quantitative estimate of drug-likeness (QED) is 0.848. The molecule has 0 saturated heterocycles. The van der Waals surface area contributed by atoms with E-state index in [0.29, 0.717) is 0 Å². The van der Waals surface area contributed by atoms with Crippen molar-refractivity contribution >= 4 is 21.6 Å². The van der Waals surface area contributed by atoms with E-state index in [1.165, 1.54) is 21.3 Å². The minimum absolute atomic E-state index is 0.980. The molecule has 0 aromatic heterocycles. The molecule has 1 aromatic carbocycles. The molecule has 0 radical (unpaired) electrons. The maximum absolute atomic E-state index is 3.61. The summed E-state index contributed by atoms with van der Waals surface area (Å²) in [6.07, 6.45) is 1.12. The molecule has 14 heavy (non-hydrogen) atoms.